The fourth-order valence-corrected chi connectivity index (χ4v) is 3.60. The summed E-state index contributed by atoms with van der Waals surface area (Å²) in [4.78, 5) is 24.7. The van der Waals surface area contributed by atoms with Crippen LogP contribution in [-0.2, 0) is 21.0 Å². The van der Waals surface area contributed by atoms with Crippen molar-refractivity contribution >= 4 is 23.6 Å². The summed E-state index contributed by atoms with van der Waals surface area (Å²) in [6.45, 7) is 6.70. The lowest BCUT2D eigenvalue weighted by molar-refractivity contribution is -0.126. The zero-order chi connectivity index (χ0) is 17.2. The molecule has 1 atom stereocenters. The van der Waals surface area contributed by atoms with Crippen LogP contribution < -0.4 is 0 Å². The third kappa shape index (κ3) is 5.88. The number of rotatable bonds is 8. The Balaban J connectivity index is 3.11. The van der Waals surface area contributed by atoms with E-state index in [4.69, 9.17) is 0 Å². The van der Waals surface area contributed by atoms with Crippen molar-refractivity contribution in [1.82, 2.24) is 9.21 Å². The molecule has 1 aliphatic rings. The first-order chi connectivity index (χ1) is 11.0. The predicted octanol–water partition coefficient (Wildman–Crippen LogP) is 2.55. The van der Waals surface area contributed by atoms with E-state index in [0.717, 1.165) is 25.5 Å². The highest BCUT2D eigenvalue weighted by molar-refractivity contribution is 7.89. The Kier molecular flexibility index (Phi) is 8.73. The van der Waals surface area contributed by atoms with Crippen molar-refractivity contribution in [2.45, 2.75) is 40.0 Å². The van der Waals surface area contributed by atoms with Gasteiger partial charge in [0.05, 0.1) is 23.6 Å². The first kappa shape index (κ1) is 19.5. The van der Waals surface area contributed by atoms with Crippen LogP contribution in [0.1, 0.15) is 40.0 Å². The smallest absolute Gasteiger partial charge is 0.223 e. The van der Waals surface area contributed by atoms with Crippen molar-refractivity contribution in [1.29, 1.82) is 0 Å². The molecule has 1 aliphatic heterocycles. The van der Waals surface area contributed by atoms with E-state index >= 15 is 0 Å². The van der Waals surface area contributed by atoms with Gasteiger partial charge in [0, 0.05) is 31.7 Å². The quantitative estimate of drug-likeness (QED) is 0.295. The molecule has 0 spiro atoms. The topological polar surface area (TPSA) is 63.7 Å². The number of allylic oxidation sites excluding steroid dienone is 4. The number of amides is 1. The van der Waals surface area contributed by atoms with Crippen molar-refractivity contribution in [2.75, 3.05) is 18.8 Å². The molecule has 1 amide bonds. The fourth-order valence-electron chi connectivity index (χ4n) is 2.29. The van der Waals surface area contributed by atoms with Gasteiger partial charge in [-0.2, -0.15) is 4.31 Å². The minimum absolute atomic E-state index is 0.0460. The number of carbonyl (C=O) groups is 2. The van der Waals surface area contributed by atoms with Gasteiger partial charge in [0.25, 0.3) is 0 Å². The van der Waals surface area contributed by atoms with Crippen molar-refractivity contribution in [3.8, 4) is 0 Å². The average molecular weight is 338 g/mol. The Morgan fingerprint density at radius 3 is 2.61 bits per heavy atom. The number of hydrogen-bond donors (Lipinski definition) is 0. The highest BCUT2D eigenvalue weighted by atomic mass is 32.2. The molecule has 0 N–H and O–H groups in total. The number of carbonyl (C=O) groups excluding carboxylic acids is 2. The lowest BCUT2D eigenvalue weighted by Crippen LogP contribution is -2.27. The molecule has 1 rings (SSSR count). The molecule has 0 radical (unpaired) electrons. The second kappa shape index (κ2) is 10.3. The predicted molar refractivity (Wildman–Crippen MR) is 93.7 cm³/mol. The molecule has 0 aromatic heterocycles. The SMILES string of the molecule is C\C=C/C(C=O)=C(\C=C\N(CCCC)C(C)=O)N1CCC[S+]1[O-]. The highest BCUT2D eigenvalue weighted by Gasteiger charge is 2.29. The van der Waals surface area contributed by atoms with Crippen LogP contribution in [0.3, 0.4) is 0 Å². The number of unbranched alkanes of at least 4 members (excludes halogenated alkanes) is 1. The summed E-state index contributed by atoms with van der Waals surface area (Å²) in [5.74, 6) is 0.557. The Morgan fingerprint density at radius 1 is 1.39 bits per heavy atom. The summed E-state index contributed by atoms with van der Waals surface area (Å²) in [6.07, 6.45) is 10.4. The fraction of sp³-hybridized carbons (Fsp3) is 0.529. The highest BCUT2D eigenvalue weighted by Crippen LogP contribution is 2.23. The van der Waals surface area contributed by atoms with Crippen LogP contribution in [0.25, 0.3) is 0 Å². The molecule has 6 heteroatoms. The first-order valence-electron chi connectivity index (χ1n) is 7.98. The van der Waals surface area contributed by atoms with E-state index in [9.17, 15) is 14.1 Å². The van der Waals surface area contributed by atoms with Gasteiger partial charge in [0.1, 0.15) is 5.75 Å². The van der Waals surface area contributed by atoms with Crippen molar-refractivity contribution < 1.29 is 14.1 Å². The summed E-state index contributed by atoms with van der Waals surface area (Å²) >= 11 is -1.12. The van der Waals surface area contributed by atoms with E-state index in [1.165, 1.54) is 6.92 Å². The van der Waals surface area contributed by atoms with Gasteiger partial charge >= 0.3 is 0 Å². The second-order valence-electron chi connectivity index (χ2n) is 5.32. The second-order valence-corrected chi connectivity index (χ2v) is 6.81. The van der Waals surface area contributed by atoms with Crippen LogP contribution >= 0.6 is 0 Å². The zero-order valence-electron chi connectivity index (χ0n) is 14.2. The molecule has 128 valence electrons. The molecule has 5 nitrogen and oxygen atoms in total. The summed E-state index contributed by atoms with van der Waals surface area (Å²) in [5, 5.41) is 0. The Morgan fingerprint density at radius 2 is 2.13 bits per heavy atom. The molecule has 1 unspecified atom stereocenters. The van der Waals surface area contributed by atoms with Crippen molar-refractivity contribution in [3.63, 3.8) is 0 Å². The lowest BCUT2D eigenvalue weighted by atomic mass is 10.2. The largest absolute Gasteiger partial charge is 0.593 e. The van der Waals surface area contributed by atoms with E-state index in [1.807, 2.05) is 6.92 Å². The molecule has 0 saturated carbocycles. The Bertz CT molecular complexity index is 500. The number of hydrogen-bond acceptors (Lipinski definition) is 4. The molecule has 1 fully saturated rings. The van der Waals surface area contributed by atoms with Gasteiger partial charge in [-0.1, -0.05) is 25.5 Å². The van der Waals surface area contributed by atoms with E-state index in [0.29, 0.717) is 30.1 Å². The average Bonchev–Trinajstić information content (AvgIpc) is 2.94. The Hall–Kier alpha value is -1.53. The molecular weight excluding hydrogens is 312 g/mol. The number of nitrogens with zero attached hydrogens (tertiary/aromatic N) is 2. The maximum atomic E-state index is 12.1. The third-order valence-electron chi connectivity index (χ3n) is 3.53. The maximum absolute atomic E-state index is 12.1. The van der Waals surface area contributed by atoms with E-state index in [2.05, 4.69) is 6.92 Å². The lowest BCUT2D eigenvalue weighted by Gasteiger charge is -2.22. The molecular formula is C17H26N2O3S. The summed E-state index contributed by atoms with van der Waals surface area (Å²) < 4.78 is 13.9. The normalized spacial score (nSPS) is 19.5. The zero-order valence-corrected chi connectivity index (χ0v) is 15.0. The first-order valence-corrected chi connectivity index (χ1v) is 9.26. The minimum atomic E-state index is -1.12. The Labute approximate surface area is 142 Å². The molecule has 0 aromatic rings. The van der Waals surface area contributed by atoms with Gasteiger partial charge < -0.3 is 9.45 Å². The maximum Gasteiger partial charge on any atom is 0.223 e. The van der Waals surface area contributed by atoms with E-state index < -0.39 is 11.4 Å². The van der Waals surface area contributed by atoms with Gasteiger partial charge in [-0.25, -0.2) is 0 Å². The molecule has 0 aliphatic carbocycles. The van der Waals surface area contributed by atoms with Gasteiger partial charge in [0.15, 0.2) is 6.29 Å². The molecule has 23 heavy (non-hydrogen) atoms. The van der Waals surface area contributed by atoms with Crippen LogP contribution in [0.2, 0.25) is 0 Å². The van der Waals surface area contributed by atoms with Crippen LogP contribution in [-0.4, -0.2) is 44.8 Å². The van der Waals surface area contributed by atoms with Crippen molar-refractivity contribution in [3.05, 3.63) is 35.7 Å². The molecule has 0 aromatic carbocycles. The monoisotopic (exact) mass is 338 g/mol. The van der Waals surface area contributed by atoms with Gasteiger partial charge in [-0.15, -0.1) is 0 Å². The van der Waals surface area contributed by atoms with E-state index in [1.54, 1.807) is 33.6 Å². The van der Waals surface area contributed by atoms with Crippen LogP contribution in [0.4, 0.5) is 0 Å². The third-order valence-corrected chi connectivity index (χ3v) is 5.04. The summed E-state index contributed by atoms with van der Waals surface area (Å²) in [6, 6.07) is 0. The summed E-state index contributed by atoms with van der Waals surface area (Å²) in [5.41, 5.74) is 1.08. The van der Waals surface area contributed by atoms with Crippen LogP contribution in [0, 0.1) is 0 Å². The molecule has 0 bridgehead atoms. The van der Waals surface area contributed by atoms with Gasteiger partial charge in [-0.3, -0.25) is 9.59 Å². The molecule has 1 saturated heterocycles. The van der Waals surface area contributed by atoms with Crippen molar-refractivity contribution in [2.24, 2.45) is 0 Å². The summed E-state index contributed by atoms with van der Waals surface area (Å²) in [7, 11) is 0. The molecule has 1 heterocycles. The minimum Gasteiger partial charge on any atom is -0.593 e. The van der Waals surface area contributed by atoms with E-state index in [-0.39, 0.29) is 5.91 Å². The number of aldehydes is 1. The van der Waals surface area contributed by atoms with Crippen LogP contribution in [0.5, 0.6) is 0 Å². The standard InChI is InChI=1S/C17H26N2O3S/c1-4-6-10-18(15(3)21)12-9-17(16(14-20)8-5-2)19-11-7-13-23(19)22/h5,8-9,12,14H,4,6-7,10-11,13H2,1-3H3/b8-5-,12-9+,17-16-. The van der Waals surface area contributed by atoms with Gasteiger partial charge in [-0.05, 0) is 19.4 Å². The van der Waals surface area contributed by atoms with Crippen LogP contribution in [0.15, 0.2) is 35.7 Å². The van der Waals surface area contributed by atoms with Gasteiger partial charge in [0.2, 0.25) is 5.91 Å².